The SMILES string of the molecule is CCC(C(=O)OC)S(=O)(=O)Cl. The lowest BCUT2D eigenvalue weighted by Crippen LogP contribution is -2.27. The average molecular weight is 201 g/mol. The fourth-order valence-electron chi connectivity index (χ4n) is 0.612. The van der Waals surface area contributed by atoms with E-state index in [1.807, 2.05) is 0 Å². The van der Waals surface area contributed by atoms with Crippen LogP contribution in [0.1, 0.15) is 13.3 Å². The second-order valence-electron chi connectivity index (χ2n) is 1.90. The van der Waals surface area contributed by atoms with Crippen molar-refractivity contribution in [3.8, 4) is 0 Å². The summed E-state index contributed by atoms with van der Waals surface area (Å²) in [5, 5.41) is -1.24. The van der Waals surface area contributed by atoms with Gasteiger partial charge in [-0.1, -0.05) is 6.92 Å². The average Bonchev–Trinajstić information content (AvgIpc) is 1.86. The fourth-order valence-corrected chi connectivity index (χ4v) is 1.93. The normalized spacial score (nSPS) is 14.1. The van der Waals surface area contributed by atoms with E-state index in [1.54, 1.807) is 6.92 Å². The van der Waals surface area contributed by atoms with Gasteiger partial charge in [0.2, 0.25) is 9.05 Å². The van der Waals surface area contributed by atoms with E-state index in [-0.39, 0.29) is 6.42 Å². The third kappa shape index (κ3) is 3.07. The first-order chi connectivity index (χ1) is 4.93. The Labute approximate surface area is 69.9 Å². The first kappa shape index (κ1) is 10.7. The lowest BCUT2D eigenvalue weighted by molar-refractivity contribution is -0.140. The summed E-state index contributed by atoms with van der Waals surface area (Å²) in [6.07, 6.45) is 0.124. The van der Waals surface area contributed by atoms with E-state index in [2.05, 4.69) is 4.74 Å². The molecule has 0 aromatic carbocycles. The molecular formula is C5H9ClO4S. The summed E-state index contributed by atoms with van der Waals surface area (Å²) in [5.74, 6) is -0.817. The molecule has 66 valence electrons. The van der Waals surface area contributed by atoms with E-state index in [1.165, 1.54) is 0 Å². The van der Waals surface area contributed by atoms with Crippen LogP contribution in [0.25, 0.3) is 0 Å². The molecule has 4 nitrogen and oxygen atoms in total. The molecule has 0 spiro atoms. The second-order valence-corrected chi connectivity index (χ2v) is 4.71. The topological polar surface area (TPSA) is 60.4 Å². The third-order valence-corrected chi connectivity index (χ3v) is 3.03. The van der Waals surface area contributed by atoms with Crippen LogP contribution in [-0.4, -0.2) is 26.7 Å². The highest BCUT2D eigenvalue weighted by molar-refractivity contribution is 8.14. The number of esters is 1. The van der Waals surface area contributed by atoms with Crippen molar-refractivity contribution in [3.05, 3.63) is 0 Å². The van der Waals surface area contributed by atoms with Crippen LogP contribution in [0.5, 0.6) is 0 Å². The zero-order valence-electron chi connectivity index (χ0n) is 6.20. The first-order valence-electron chi connectivity index (χ1n) is 2.94. The molecule has 6 heteroatoms. The molecule has 0 aliphatic carbocycles. The van der Waals surface area contributed by atoms with E-state index >= 15 is 0 Å². The molecule has 11 heavy (non-hydrogen) atoms. The minimum Gasteiger partial charge on any atom is -0.468 e. The number of ether oxygens (including phenoxy) is 1. The standard InChI is InChI=1S/C5H9ClO4S/c1-3-4(5(7)10-2)11(6,8)9/h4H,3H2,1-2H3. The summed E-state index contributed by atoms with van der Waals surface area (Å²) in [4.78, 5) is 10.7. The Morgan fingerprint density at radius 1 is 1.64 bits per heavy atom. The van der Waals surface area contributed by atoms with Crippen molar-refractivity contribution in [1.29, 1.82) is 0 Å². The number of hydrogen-bond donors (Lipinski definition) is 0. The van der Waals surface area contributed by atoms with Crippen LogP contribution < -0.4 is 0 Å². The predicted octanol–water partition coefficient (Wildman–Crippen LogP) is 0.507. The van der Waals surface area contributed by atoms with Gasteiger partial charge < -0.3 is 4.74 Å². The van der Waals surface area contributed by atoms with Gasteiger partial charge in [-0.2, -0.15) is 0 Å². The van der Waals surface area contributed by atoms with Crippen LogP contribution in [0, 0.1) is 0 Å². The second kappa shape index (κ2) is 3.92. The highest BCUT2D eigenvalue weighted by atomic mass is 35.7. The van der Waals surface area contributed by atoms with Crippen LogP contribution in [-0.2, 0) is 18.6 Å². The van der Waals surface area contributed by atoms with E-state index in [4.69, 9.17) is 10.7 Å². The van der Waals surface area contributed by atoms with Gasteiger partial charge in [0.25, 0.3) is 0 Å². The summed E-state index contributed by atoms with van der Waals surface area (Å²) < 4.78 is 25.5. The monoisotopic (exact) mass is 200 g/mol. The van der Waals surface area contributed by atoms with Gasteiger partial charge in [-0.15, -0.1) is 0 Å². The molecule has 0 aromatic heterocycles. The summed E-state index contributed by atoms with van der Waals surface area (Å²) in [5.41, 5.74) is 0. The molecule has 0 N–H and O–H groups in total. The van der Waals surface area contributed by atoms with Crippen LogP contribution in [0.4, 0.5) is 0 Å². The molecule has 0 radical (unpaired) electrons. The van der Waals surface area contributed by atoms with E-state index in [0.717, 1.165) is 7.11 Å². The van der Waals surface area contributed by atoms with Gasteiger partial charge in [-0.05, 0) is 6.42 Å². The maximum Gasteiger partial charge on any atom is 0.325 e. The number of rotatable bonds is 3. The molecule has 0 fully saturated rings. The summed E-state index contributed by atoms with van der Waals surface area (Å²) in [6.45, 7) is 1.54. The van der Waals surface area contributed by atoms with Crippen LogP contribution in [0.15, 0.2) is 0 Å². The summed E-state index contributed by atoms with van der Waals surface area (Å²) >= 11 is 0. The van der Waals surface area contributed by atoms with Gasteiger partial charge in [-0.25, -0.2) is 8.42 Å². The van der Waals surface area contributed by atoms with Crippen molar-refractivity contribution in [2.45, 2.75) is 18.6 Å². The molecule has 0 saturated carbocycles. The Hall–Kier alpha value is -0.290. The molecule has 0 aliphatic heterocycles. The van der Waals surface area contributed by atoms with E-state index < -0.39 is 20.3 Å². The lowest BCUT2D eigenvalue weighted by Gasteiger charge is -2.06. The number of carbonyl (C=O) groups excluding carboxylic acids is 1. The smallest absolute Gasteiger partial charge is 0.325 e. The third-order valence-electron chi connectivity index (χ3n) is 1.17. The molecule has 0 aromatic rings. The van der Waals surface area contributed by atoms with Crippen molar-refractivity contribution in [2.75, 3.05) is 7.11 Å². The minimum absolute atomic E-state index is 0.124. The highest BCUT2D eigenvalue weighted by Crippen LogP contribution is 2.11. The molecule has 0 amide bonds. The first-order valence-corrected chi connectivity index (χ1v) is 5.32. The van der Waals surface area contributed by atoms with E-state index in [9.17, 15) is 13.2 Å². The van der Waals surface area contributed by atoms with Crippen LogP contribution in [0.3, 0.4) is 0 Å². The molecule has 1 unspecified atom stereocenters. The van der Waals surface area contributed by atoms with Gasteiger partial charge in [0.1, 0.15) is 0 Å². The molecule has 0 saturated heterocycles. The van der Waals surface area contributed by atoms with Crippen molar-refractivity contribution < 1.29 is 17.9 Å². The molecule has 0 rings (SSSR count). The molecule has 0 bridgehead atoms. The minimum atomic E-state index is -3.83. The quantitative estimate of drug-likeness (QED) is 0.492. The molecule has 0 aliphatic rings. The molecule has 0 heterocycles. The lowest BCUT2D eigenvalue weighted by atomic mass is 10.3. The van der Waals surface area contributed by atoms with Gasteiger partial charge in [0, 0.05) is 10.7 Å². The zero-order chi connectivity index (χ0) is 9.07. The number of methoxy groups -OCH3 is 1. The van der Waals surface area contributed by atoms with Gasteiger partial charge in [0.15, 0.2) is 5.25 Å². The predicted molar refractivity (Wildman–Crippen MR) is 40.9 cm³/mol. The summed E-state index contributed by atoms with van der Waals surface area (Å²) in [7, 11) is 2.23. The Kier molecular flexibility index (Phi) is 3.82. The van der Waals surface area contributed by atoms with Gasteiger partial charge >= 0.3 is 5.97 Å². The molecular weight excluding hydrogens is 192 g/mol. The van der Waals surface area contributed by atoms with Crippen molar-refractivity contribution in [1.82, 2.24) is 0 Å². The maximum atomic E-state index is 10.7. The van der Waals surface area contributed by atoms with Crippen LogP contribution >= 0.6 is 10.7 Å². The molecule has 1 atom stereocenters. The summed E-state index contributed by atoms with van der Waals surface area (Å²) in [6, 6.07) is 0. The largest absolute Gasteiger partial charge is 0.468 e. The number of halogens is 1. The van der Waals surface area contributed by atoms with Crippen molar-refractivity contribution in [3.63, 3.8) is 0 Å². The zero-order valence-corrected chi connectivity index (χ0v) is 7.78. The maximum absolute atomic E-state index is 10.7. The van der Waals surface area contributed by atoms with Crippen molar-refractivity contribution >= 4 is 25.7 Å². The Morgan fingerprint density at radius 2 is 2.09 bits per heavy atom. The van der Waals surface area contributed by atoms with Crippen LogP contribution in [0.2, 0.25) is 0 Å². The number of carbonyl (C=O) groups is 1. The Balaban J connectivity index is 4.56. The van der Waals surface area contributed by atoms with Gasteiger partial charge in [0.05, 0.1) is 7.11 Å². The van der Waals surface area contributed by atoms with Gasteiger partial charge in [-0.3, -0.25) is 4.79 Å². The van der Waals surface area contributed by atoms with E-state index in [0.29, 0.717) is 0 Å². The fraction of sp³-hybridized carbons (Fsp3) is 0.800. The number of hydrogen-bond acceptors (Lipinski definition) is 4. The Bertz CT molecular complexity index is 233. The van der Waals surface area contributed by atoms with Crippen molar-refractivity contribution in [2.24, 2.45) is 0 Å². The Morgan fingerprint density at radius 3 is 2.18 bits per heavy atom. The highest BCUT2D eigenvalue weighted by Gasteiger charge is 2.29.